The molecule has 0 saturated carbocycles. The van der Waals surface area contributed by atoms with Gasteiger partial charge in [0.05, 0.1) is 24.2 Å². The van der Waals surface area contributed by atoms with Crippen LogP contribution in [0, 0.1) is 6.92 Å². The minimum absolute atomic E-state index is 0.376. The van der Waals surface area contributed by atoms with Crippen molar-refractivity contribution in [2.45, 2.75) is 6.92 Å². The van der Waals surface area contributed by atoms with Crippen LogP contribution >= 0.6 is 0 Å². The smallest absolute Gasteiger partial charge is 0.298 e. The van der Waals surface area contributed by atoms with E-state index < -0.39 is 0 Å². The van der Waals surface area contributed by atoms with Gasteiger partial charge in [-0.15, -0.1) is 0 Å². The number of nitrogen functional groups attached to an aromatic ring is 1. The van der Waals surface area contributed by atoms with Crippen LogP contribution in [-0.4, -0.2) is 13.6 Å². The maximum atomic E-state index is 10.2. The van der Waals surface area contributed by atoms with E-state index in [-0.39, 0.29) is 0 Å². The number of carbonyl (C=O) groups excluding carboxylic acids is 1. The summed E-state index contributed by atoms with van der Waals surface area (Å²) in [6.45, 7) is 2.27. The molecule has 2 rings (SSSR count). The van der Waals surface area contributed by atoms with Gasteiger partial charge in [-0.2, -0.15) is 10.2 Å². The van der Waals surface area contributed by atoms with Crippen molar-refractivity contribution in [3.05, 3.63) is 42.0 Å². The van der Waals surface area contributed by atoms with Crippen molar-refractivity contribution in [1.29, 1.82) is 0 Å². The summed E-state index contributed by atoms with van der Waals surface area (Å²) < 4.78 is 9.86. The number of azo groups is 1. The molecule has 0 radical (unpaired) electrons. The normalized spacial score (nSPS) is 10.6. The molecule has 0 saturated heterocycles. The Morgan fingerprint density at radius 2 is 1.86 bits per heavy atom. The van der Waals surface area contributed by atoms with Crippen LogP contribution in [0.5, 0.6) is 11.5 Å². The fourth-order valence-electron chi connectivity index (χ4n) is 1.74. The van der Waals surface area contributed by atoms with Crippen molar-refractivity contribution in [3.63, 3.8) is 0 Å². The SMILES string of the molecule is COc1cc(N=Nc2ccc(OC=O)cc2)c(C)cc1N. The lowest BCUT2D eigenvalue weighted by molar-refractivity contribution is -0.120. The third-order valence-electron chi connectivity index (χ3n) is 2.84. The Balaban J connectivity index is 2.22. The molecule has 6 nitrogen and oxygen atoms in total. The highest BCUT2D eigenvalue weighted by atomic mass is 16.5. The highest BCUT2D eigenvalue weighted by Gasteiger charge is 2.05. The number of hydrogen-bond donors (Lipinski definition) is 1. The molecule has 0 fully saturated rings. The van der Waals surface area contributed by atoms with Crippen molar-refractivity contribution in [2.75, 3.05) is 12.8 Å². The number of nitrogens with two attached hydrogens (primary N) is 1. The summed E-state index contributed by atoms with van der Waals surface area (Å²) in [6, 6.07) is 10.2. The summed E-state index contributed by atoms with van der Waals surface area (Å²) in [5.41, 5.74) is 8.59. The maximum Gasteiger partial charge on any atom is 0.298 e. The van der Waals surface area contributed by atoms with Crippen molar-refractivity contribution in [3.8, 4) is 11.5 Å². The molecule has 0 spiro atoms. The standard InChI is InChI=1S/C15H15N3O3/c1-10-7-13(16)15(20-2)8-14(10)18-17-11-3-5-12(6-4-11)21-9-19/h3-9H,16H2,1-2H3. The van der Waals surface area contributed by atoms with Gasteiger partial charge in [0.15, 0.2) is 0 Å². The van der Waals surface area contributed by atoms with E-state index in [4.69, 9.17) is 15.2 Å². The van der Waals surface area contributed by atoms with Crippen LogP contribution in [0.15, 0.2) is 46.6 Å². The first kappa shape index (κ1) is 14.5. The Labute approximate surface area is 122 Å². The van der Waals surface area contributed by atoms with Gasteiger partial charge >= 0.3 is 0 Å². The predicted octanol–water partition coefficient (Wildman–Crippen LogP) is 3.54. The fraction of sp³-hybridized carbons (Fsp3) is 0.133. The summed E-state index contributed by atoms with van der Waals surface area (Å²) in [6.07, 6.45) is 0. The van der Waals surface area contributed by atoms with Gasteiger partial charge in [-0.3, -0.25) is 4.79 Å². The van der Waals surface area contributed by atoms with Gasteiger partial charge in [0, 0.05) is 6.07 Å². The molecule has 2 N–H and O–H groups in total. The first-order chi connectivity index (χ1) is 10.1. The predicted molar refractivity (Wildman–Crippen MR) is 79.5 cm³/mol. The summed E-state index contributed by atoms with van der Waals surface area (Å²) in [4.78, 5) is 10.2. The van der Waals surface area contributed by atoms with E-state index in [1.54, 1.807) is 43.5 Å². The minimum atomic E-state index is 0.376. The molecule has 6 heteroatoms. The van der Waals surface area contributed by atoms with Crippen LogP contribution in [-0.2, 0) is 4.79 Å². The molecule has 21 heavy (non-hydrogen) atoms. The van der Waals surface area contributed by atoms with Gasteiger partial charge in [-0.25, -0.2) is 0 Å². The van der Waals surface area contributed by atoms with Crippen molar-refractivity contribution < 1.29 is 14.3 Å². The van der Waals surface area contributed by atoms with Gasteiger partial charge in [-0.1, -0.05) is 0 Å². The maximum absolute atomic E-state index is 10.2. The molecule has 0 aromatic heterocycles. The Morgan fingerprint density at radius 3 is 2.48 bits per heavy atom. The lowest BCUT2D eigenvalue weighted by atomic mass is 10.1. The molecule has 2 aromatic carbocycles. The fourth-order valence-corrected chi connectivity index (χ4v) is 1.74. The lowest BCUT2D eigenvalue weighted by Crippen LogP contribution is -1.92. The molecule has 0 unspecified atom stereocenters. The minimum Gasteiger partial charge on any atom is -0.495 e. The molecule has 108 valence electrons. The average Bonchev–Trinajstić information content (AvgIpc) is 2.48. The molecule has 0 aliphatic rings. The van der Waals surface area contributed by atoms with Gasteiger partial charge in [0.1, 0.15) is 11.5 Å². The van der Waals surface area contributed by atoms with Crippen LogP contribution < -0.4 is 15.2 Å². The second kappa shape index (κ2) is 6.51. The molecule has 0 bridgehead atoms. The number of hydrogen-bond acceptors (Lipinski definition) is 6. The summed E-state index contributed by atoms with van der Waals surface area (Å²) in [5.74, 6) is 1.01. The summed E-state index contributed by atoms with van der Waals surface area (Å²) in [5, 5.41) is 8.31. The first-order valence-corrected chi connectivity index (χ1v) is 6.20. The number of methoxy groups -OCH3 is 1. The van der Waals surface area contributed by atoms with E-state index in [2.05, 4.69) is 10.2 Å². The van der Waals surface area contributed by atoms with Crippen LogP contribution in [0.4, 0.5) is 17.1 Å². The number of benzene rings is 2. The second-order valence-corrected chi connectivity index (χ2v) is 4.29. The summed E-state index contributed by atoms with van der Waals surface area (Å²) in [7, 11) is 1.55. The molecular weight excluding hydrogens is 270 g/mol. The average molecular weight is 285 g/mol. The number of aryl methyl sites for hydroxylation is 1. The van der Waals surface area contributed by atoms with E-state index >= 15 is 0 Å². The Kier molecular flexibility index (Phi) is 4.50. The first-order valence-electron chi connectivity index (χ1n) is 6.20. The topological polar surface area (TPSA) is 86.3 Å². The zero-order valence-corrected chi connectivity index (χ0v) is 11.7. The number of anilines is 1. The van der Waals surface area contributed by atoms with Crippen LogP contribution in [0.2, 0.25) is 0 Å². The Bertz CT molecular complexity index is 667. The number of nitrogens with zero attached hydrogens (tertiary/aromatic N) is 2. The van der Waals surface area contributed by atoms with Crippen molar-refractivity contribution in [2.24, 2.45) is 10.2 Å². The van der Waals surface area contributed by atoms with Gasteiger partial charge in [0.2, 0.25) is 0 Å². The number of rotatable bonds is 5. The molecule has 2 aromatic rings. The zero-order chi connectivity index (χ0) is 15.2. The quantitative estimate of drug-likeness (QED) is 0.517. The van der Waals surface area contributed by atoms with Crippen LogP contribution in [0.25, 0.3) is 0 Å². The number of carbonyl (C=O) groups is 1. The van der Waals surface area contributed by atoms with Crippen LogP contribution in [0.3, 0.4) is 0 Å². The summed E-state index contributed by atoms with van der Waals surface area (Å²) >= 11 is 0. The van der Waals surface area contributed by atoms with E-state index in [9.17, 15) is 4.79 Å². The molecule has 0 heterocycles. The largest absolute Gasteiger partial charge is 0.495 e. The molecule has 0 atom stereocenters. The third-order valence-corrected chi connectivity index (χ3v) is 2.84. The van der Waals surface area contributed by atoms with Gasteiger partial charge in [0.25, 0.3) is 6.47 Å². The van der Waals surface area contributed by atoms with Crippen LogP contribution in [0.1, 0.15) is 5.56 Å². The monoisotopic (exact) mass is 285 g/mol. The number of ether oxygens (including phenoxy) is 2. The Morgan fingerprint density at radius 1 is 1.14 bits per heavy atom. The van der Waals surface area contributed by atoms with Gasteiger partial charge in [-0.05, 0) is 42.8 Å². The highest BCUT2D eigenvalue weighted by molar-refractivity contribution is 5.63. The van der Waals surface area contributed by atoms with E-state index in [1.807, 2.05) is 6.92 Å². The van der Waals surface area contributed by atoms with Crippen molar-refractivity contribution >= 4 is 23.5 Å². The lowest BCUT2D eigenvalue weighted by Gasteiger charge is -2.07. The zero-order valence-electron chi connectivity index (χ0n) is 11.7. The molecular formula is C15H15N3O3. The molecule has 0 aliphatic heterocycles. The van der Waals surface area contributed by atoms with E-state index in [0.29, 0.717) is 35.0 Å². The van der Waals surface area contributed by atoms with Crippen molar-refractivity contribution in [1.82, 2.24) is 0 Å². The molecule has 0 aliphatic carbocycles. The van der Waals surface area contributed by atoms with E-state index in [0.717, 1.165) is 5.56 Å². The second-order valence-electron chi connectivity index (χ2n) is 4.29. The highest BCUT2D eigenvalue weighted by Crippen LogP contribution is 2.31. The third kappa shape index (κ3) is 3.56. The molecule has 0 amide bonds. The Hall–Kier alpha value is -2.89. The van der Waals surface area contributed by atoms with E-state index in [1.165, 1.54) is 0 Å². The van der Waals surface area contributed by atoms with Gasteiger partial charge < -0.3 is 15.2 Å².